The van der Waals surface area contributed by atoms with Crippen LogP contribution in [0.3, 0.4) is 0 Å². The molecular weight excluding hydrogens is 240 g/mol. The maximum Gasteiger partial charge on any atom is 0.326 e. The molecule has 2 atom stereocenters. The lowest BCUT2D eigenvalue weighted by Crippen LogP contribution is -2.52. The van der Waals surface area contributed by atoms with Gasteiger partial charge in [0.2, 0.25) is 0 Å². The molecule has 0 heterocycles. The molecule has 1 N–H and O–H groups in total. The van der Waals surface area contributed by atoms with Gasteiger partial charge in [0.15, 0.2) is 0 Å². The maximum absolute atomic E-state index is 12.1. The minimum Gasteiger partial charge on any atom is -0.468 e. The van der Waals surface area contributed by atoms with Gasteiger partial charge in [-0.2, -0.15) is 0 Å². The van der Waals surface area contributed by atoms with Crippen molar-refractivity contribution in [2.24, 2.45) is 0 Å². The number of likely N-dealkylation sites (N-methyl/N-ethyl adjacent to an activating group) is 1. The summed E-state index contributed by atoms with van der Waals surface area (Å²) in [4.78, 5) is 14.6. The van der Waals surface area contributed by atoms with Crippen LogP contribution < -0.4 is 5.32 Å². The lowest BCUT2D eigenvalue weighted by Gasteiger charge is -2.34. The molecule has 0 saturated heterocycles. The third kappa shape index (κ3) is 3.69. The van der Waals surface area contributed by atoms with Gasteiger partial charge >= 0.3 is 5.97 Å². The Labute approximate surface area is 117 Å². The molecule has 0 radical (unpaired) electrons. The van der Waals surface area contributed by atoms with E-state index < -0.39 is 5.54 Å². The summed E-state index contributed by atoms with van der Waals surface area (Å²) in [7, 11) is 1.49. The quantitative estimate of drug-likeness (QED) is 0.720. The first-order chi connectivity index (χ1) is 9.00. The first-order valence-electron chi connectivity index (χ1n) is 7.60. The highest BCUT2D eigenvalue weighted by Crippen LogP contribution is 2.35. The molecule has 0 spiro atoms. The van der Waals surface area contributed by atoms with Gasteiger partial charge in [-0.15, -0.1) is 0 Å². The Morgan fingerprint density at radius 2 is 2.16 bits per heavy atom. The molecular formula is C15H30N2O2. The second-order valence-corrected chi connectivity index (χ2v) is 5.83. The zero-order valence-corrected chi connectivity index (χ0v) is 13.2. The van der Waals surface area contributed by atoms with Crippen LogP contribution in [0.5, 0.6) is 0 Å². The van der Waals surface area contributed by atoms with E-state index in [1.807, 2.05) is 6.92 Å². The number of nitrogens with one attached hydrogen (secondary N) is 1. The SMILES string of the molecule is CCCN(C(C)C)C1CCC(NCC)(C(=O)OC)C1. The molecule has 4 heteroatoms. The minimum atomic E-state index is -0.463. The van der Waals surface area contributed by atoms with E-state index in [9.17, 15) is 4.79 Å². The highest BCUT2D eigenvalue weighted by atomic mass is 16.5. The van der Waals surface area contributed by atoms with E-state index in [-0.39, 0.29) is 5.97 Å². The van der Waals surface area contributed by atoms with Gasteiger partial charge in [0.1, 0.15) is 5.54 Å². The Hall–Kier alpha value is -0.610. The Balaban J connectivity index is 2.79. The topological polar surface area (TPSA) is 41.6 Å². The van der Waals surface area contributed by atoms with Crippen LogP contribution in [0.4, 0.5) is 0 Å². The Kier molecular flexibility index (Phi) is 6.27. The highest BCUT2D eigenvalue weighted by molar-refractivity contribution is 5.81. The van der Waals surface area contributed by atoms with Crippen molar-refractivity contribution in [1.82, 2.24) is 10.2 Å². The lowest BCUT2D eigenvalue weighted by atomic mass is 9.97. The third-order valence-corrected chi connectivity index (χ3v) is 4.19. The number of carbonyl (C=O) groups is 1. The second-order valence-electron chi connectivity index (χ2n) is 5.83. The third-order valence-electron chi connectivity index (χ3n) is 4.19. The van der Waals surface area contributed by atoms with Gasteiger partial charge in [-0.3, -0.25) is 9.69 Å². The summed E-state index contributed by atoms with van der Waals surface area (Å²) in [6.45, 7) is 10.6. The van der Waals surface area contributed by atoms with Crippen LogP contribution in [0, 0.1) is 0 Å². The average molecular weight is 270 g/mol. The fraction of sp³-hybridized carbons (Fsp3) is 0.933. The molecule has 4 nitrogen and oxygen atoms in total. The number of carbonyl (C=O) groups excluding carboxylic acids is 1. The molecule has 1 fully saturated rings. The van der Waals surface area contributed by atoms with Gasteiger partial charge < -0.3 is 10.1 Å². The Morgan fingerprint density at radius 3 is 2.63 bits per heavy atom. The number of methoxy groups -OCH3 is 1. The van der Waals surface area contributed by atoms with Crippen molar-refractivity contribution in [3.63, 3.8) is 0 Å². The van der Waals surface area contributed by atoms with Crippen LogP contribution in [-0.4, -0.2) is 48.7 Å². The summed E-state index contributed by atoms with van der Waals surface area (Å²) >= 11 is 0. The summed E-state index contributed by atoms with van der Waals surface area (Å²) in [5.41, 5.74) is -0.463. The average Bonchev–Trinajstić information content (AvgIpc) is 2.80. The lowest BCUT2D eigenvalue weighted by molar-refractivity contribution is -0.148. The molecule has 1 rings (SSSR count). The molecule has 0 amide bonds. The van der Waals surface area contributed by atoms with Crippen LogP contribution in [-0.2, 0) is 9.53 Å². The van der Waals surface area contributed by atoms with Crippen molar-refractivity contribution in [1.29, 1.82) is 0 Å². The van der Waals surface area contributed by atoms with Crippen LogP contribution >= 0.6 is 0 Å². The van der Waals surface area contributed by atoms with Gasteiger partial charge in [0.25, 0.3) is 0 Å². The van der Waals surface area contributed by atoms with Gasteiger partial charge in [-0.25, -0.2) is 0 Å². The number of hydrogen-bond acceptors (Lipinski definition) is 4. The van der Waals surface area contributed by atoms with Crippen LogP contribution in [0.1, 0.15) is 53.4 Å². The van der Waals surface area contributed by atoms with Gasteiger partial charge in [-0.05, 0) is 52.6 Å². The van der Waals surface area contributed by atoms with Crippen molar-refractivity contribution >= 4 is 5.97 Å². The maximum atomic E-state index is 12.1. The summed E-state index contributed by atoms with van der Waals surface area (Å²) < 4.78 is 5.02. The van der Waals surface area contributed by atoms with E-state index in [2.05, 4.69) is 31.0 Å². The molecule has 0 aromatic carbocycles. The molecule has 0 bridgehead atoms. The molecule has 1 aliphatic rings. The molecule has 19 heavy (non-hydrogen) atoms. The highest BCUT2D eigenvalue weighted by Gasteiger charge is 2.47. The zero-order chi connectivity index (χ0) is 14.5. The standard InChI is InChI=1S/C15H30N2O2/c1-6-10-17(12(3)4)13-8-9-15(11-13,16-7-2)14(18)19-5/h12-13,16H,6-11H2,1-5H3. The normalized spacial score (nSPS) is 27.2. The summed E-state index contributed by atoms with van der Waals surface area (Å²) in [5.74, 6) is -0.0999. The van der Waals surface area contributed by atoms with E-state index in [1.54, 1.807) is 0 Å². The van der Waals surface area contributed by atoms with Gasteiger partial charge in [0, 0.05) is 12.1 Å². The Morgan fingerprint density at radius 1 is 1.47 bits per heavy atom. The van der Waals surface area contributed by atoms with E-state index in [4.69, 9.17) is 4.74 Å². The zero-order valence-electron chi connectivity index (χ0n) is 13.2. The molecule has 0 aromatic rings. The fourth-order valence-corrected chi connectivity index (χ4v) is 3.37. The van der Waals surface area contributed by atoms with Crippen molar-refractivity contribution in [2.75, 3.05) is 20.2 Å². The molecule has 0 aromatic heterocycles. The summed E-state index contributed by atoms with van der Waals surface area (Å²) in [6, 6.07) is 1.01. The van der Waals surface area contributed by atoms with Crippen LogP contribution in [0.2, 0.25) is 0 Å². The largest absolute Gasteiger partial charge is 0.468 e. The van der Waals surface area contributed by atoms with Crippen LogP contribution in [0.15, 0.2) is 0 Å². The molecule has 0 aliphatic heterocycles. The van der Waals surface area contributed by atoms with Gasteiger partial charge in [0.05, 0.1) is 7.11 Å². The van der Waals surface area contributed by atoms with Crippen molar-refractivity contribution in [3.05, 3.63) is 0 Å². The number of hydrogen-bond donors (Lipinski definition) is 1. The number of esters is 1. The number of nitrogens with zero attached hydrogens (tertiary/aromatic N) is 1. The summed E-state index contributed by atoms with van der Waals surface area (Å²) in [5, 5.41) is 3.37. The van der Waals surface area contributed by atoms with Gasteiger partial charge in [-0.1, -0.05) is 13.8 Å². The van der Waals surface area contributed by atoms with Crippen LogP contribution in [0.25, 0.3) is 0 Å². The van der Waals surface area contributed by atoms with Crippen molar-refractivity contribution in [2.45, 2.75) is 71.0 Å². The predicted molar refractivity (Wildman–Crippen MR) is 78.2 cm³/mol. The van der Waals surface area contributed by atoms with E-state index in [1.165, 1.54) is 7.11 Å². The fourth-order valence-electron chi connectivity index (χ4n) is 3.37. The summed E-state index contributed by atoms with van der Waals surface area (Å²) in [6.07, 6.45) is 3.97. The second kappa shape index (κ2) is 7.25. The smallest absolute Gasteiger partial charge is 0.326 e. The predicted octanol–water partition coefficient (Wildman–Crippen LogP) is 2.18. The molecule has 1 saturated carbocycles. The molecule has 2 unspecified atom stereocenters. The van der Waals surface area contributed by atoms with E-state index >= 15 is 0 Å². The van der Waals surface area contributed by atoms with Crippen molar-refractivity contribution in [3.8, 4) is 0 Å². The molecule has 112 valence electrons. The first kappa shape index (κ1) is 16.4. The number of ether oxygens (including phenoxy) is 1. The monoisotopic (exact) mass is 270 g/mol. The molecule has 1 aliphatic carbocycles. The Bertz CT molecular complexity index is 294. The van der Waals surface area contributed by atoms with Crippen molar-refractivity contribution < 1.29 is 9.53 Å². The van der Waals surface area contributed by atoms with E-state index in [0.717, 1.165) is 38.8 Å². The minimum absolute atomic E-state index is 0.0999. The first-order valence-corrected chi connectivity index (χ1v) is 7.60. The number of rotatable bonds is 7. The van der Waals surface area contributed by atoms with E-state index in [0.29, 0.717) is 12.1 Å².